The highest BCUT2D eigenvalue weighted by Crippen LogP contribution is 2.05. The molecular formula is C18H32N4O7S3. The average molecular weight is 513 g/mol. The molecule has 4 atom stereocenters. The molecule has 0 aliphatic rings. The molecule has 3 amide bonds. The van der Waals surface area contributed by atoms with Crippen LogP contribution in [0.1, 0.15) is 25.7 Å². The topological polar surface area (TPSA) is 188 Å². The molecule has 0 bridgehead atoms. The summed E-state index contributed by atoms with van der Waals surface area (Å²) in [5.41, 5.74) is 5.80. The second-order valence-corrected chi connectivity index (χ2v) is 9.14. The van der Waals surface area contributed by atoms with Crippen LogP contribution in [-0.4, -0.2) is 93.8 Å². The number of nitrogens with two attached hydrogens (primary N) is 1. The van der Waals surface area contributed by atoms with Crippen LogP contribution in [0.5, 0.6) is 0 Å². The predicted molar refractivity (Wildman–Crippen MR) is 128 cm³/mol. The molecule has 32 heavy (non-hydrogen) atoms. The Bertz CT molecular complexity index is 654. The van der Waals surface area contributed by atoms with Crippen molar-refractivity contribution in [3.05, 3.63) is 0 Å². The Hall–Kier alpha value is -1.64. The Morgan fingerprint density at radius 2 is 1.31 bits per heavy atom. The molecule has 0 aliphatic heterocycles. The van der Waals surface area contributed by atoms with Crippen LogP contribution in [0.15, 0.2) is 0 Å². The first kappa shape index (κ1) is 30.4. The van der Waals surface area contributed by atoms with Crippen LogP contribution in [-0.2, 0) is 24.0 Å². The molecule has 0 saturated carbocycles. The summed E-state index contributed by atoms with van der Waals surface area (Å²) in [4.78, 5) is 59.7. The molecule has 0 aromatic heterocycles. The van der Waals surface area contributed by atoms with E-state index in [1.165, 1.54) is 23.5 Å². The van der Waals surface area contributed by atoms with Crippen molar-refractivity contribution in [3.63, 3.8) is 0 Å². The fraction of sp³-hybridized carbons (Fsp3) is 0.722. The van der Waals surface area contributed by atoms with Gasteiger partial charge < -0.3 is 31.9 Å². The number of carbonyl (C=O) groups is 5. The van der Waals surface area contributed by atoms with Gasteiger partial charge in [0.2, 0.25) is 17.7 Å². The smallest absolute Gasteiger partial charge is 0.326 e. The number of carboxylic acids is 2. The van der Waals surface area contributed by atoms with E-state index in [4.69, 9.17) is 10.8 Å². The Morgan fingerprint density at radius 3 is 1.81 bits per heavy atom. The molecule has 0 heterocycles. The molecule has 0 aliphatic carbocycles. The maximum Gasteiger partial charge on any atom is 0.326 e. The lowest BCUT2D eigenvalue weighted by Crippen LogP contribution is -2.57. The summed E-state index contributed by atoms with van der Waals surface area (Å²) in [5, 5.41) is 25.4. The van der Waals surface area contributed by atoms with Crippen molar-refractivity contribution in [1.82, 2.24) is 16.0 Å². The van der Waals surface area contributed by atoms with Crippen LogP contribution < -0.4 is 21.7 Å². The molecular weight excluding hydrogens is 480 g/mol. The molecule has 4 unspecified atom stereocenters. The second kappa shape index (κ2) is 16.9. The van der Waals surface area contributed by atoms with E-state index in [-0.39, 0.29) is 18.6 Å². The molecule has 0 spiro atoms. The summed E-state index contributed by atoms with van der Waals surface area (Å²) in [7, 11) is 0. The van der Waals surface area contributed by atoms with E-state index in [2.05, 4.69) is 28.6 Å². The van der Waals surface area contributed by atoms with Gasteiger partial charge in [-0.25, -0.2) is 4.79 Å². The third-order valence-electron chi connectivity index (χ3n) is 4.29. The lowest BCUT2D eigenvalue weighted by Gasteiger charge is -2.24. The van der Waals surface area contributed by atoms with Gasteiger partial charge in [-0.3, -0.25) is 19.2 Å². The van der Waals surface area contributed by atoms with Crippen molar-refractivity contribution in [2.24, 2.45) is 5.73 Å². The lowest BCUT2D eigenvalue weighted by atomic mass is 10.1. The minimum absolute atomic E-state index is 0.140. The van der Waals surface area contributed by atoms with E-state index in [9.17, 15) is 29.1 Å². The first-order valence-electron chi connectivity index (χ1n) is 9.77. The van der Waals surface area contributed by atoms with Crippen molar-refractivity contribution in [2.75, 3.05) is 29.8 Å². The molecule has 11 nitrogen and oxygen atoms in total. The van der Waals surface area contributed by atoms with E-state index < -0.39 is 60.2 Å². The Kier molecular flexibility index (Phi) is 16.1. The third kappa shape index (κ3) is 12.4. The monoisotopic (exact) mass is 512 g/mol. The van der Waals surface area contributed by atoms with Gasteiger partial charge in [0.05, 0.1) is 6.04 Å². The highest BCUT2D eigenvalue weighted by Gasteiger charge is 2.29. The van der Waals surface area contributed by atoms with Crippen molar-refractivity contribution < 1.29 is 34.2 Å². The van der Waals surface area contributed by atoms with E-state index >= 15 is 0 Å². The van der Waals surface area contributed by atoms with Crippen molar-refractivity contribution in [2.45, 2.75) is 49.9 Å². The van der Waals surface area contributed by atoms with Gasteiger partial charge >= 0.3 is 11.9 Å². The van der Waals surface area contributed by atoms with E-state index in [1.807, 2.05) is 6.26 Å². The first-order chi connectivity index (χ1) is 15.1. The number of aliphatic carboxylic acids is 2. The van der Waals surface area contributed by atoms with Crippen LogP contribution in [0, 0.1) is 0 Å². The molecule has 7 N–H and O–H groups in total. The van der Waals surface area contributed by atoms with Gasteiger partial charge in [-0.2, -0.15) is 36.2 Å². The highest BCUT2D eigenvalue weighted by molar-refractivity contribution is 7.98. The summed E-state index contributed by atoms with van der Waals surface area (Å²) in [5.74, 6) is -3.52. The molecule has 0 rings (SSSR count). The quantitative estimate of drug-likeness (QED) is 0.121. The number of thiol groups is 1. The van der Waals surface area contributed by atoms with Crippen molar-refractivity contribution in [1.29, 1.82) is 0 Å². The normalized spacial score (nSPS) is 14.5. The van der Waals surface area contributed by atoms with Gasteiger partial charge in [-0.1, -0.05) is 0 Å². The number of carboxylic acid groups (broad SMARTS) is 2. The summed E-state index contributed by atoms with van der Waals surface area (Å²) >= 11 is 6.96. The van der Waals surface area contributed by atoms with E-state index in [0.29, 0.717) is 17.9 Å². The zero-order valence-electron chi connectivity index (χ0n) is 18.0. The summed E-state index contributed by atoms with van der Waals surface area (Å²) in [6, 6.07) is -4.43. The maximum atomic E-state index is 12.7. The molecule has 0 radical (unpaired) electrons. The number of carbonyl (C=O) groups excluding carboxylic acids is 3. The van der Waals surface area contributed by atoms with E-state index in [0.717, 1.165) is 0 Å². The molecule has 184 valence electrons. The van der Waals surface area contributed by atoms with Crippen LogP contribution >= 0.6 is 36.2 Å². The highest BCUT2D eigenvalue weighted by atomic mass is 32.2. The Morgan fingerprint density at radius 1 is 0.812 bits per heavy atom. The predicted octanol–water partition coefficient (Wildman–Crippen LogP) is -0.846. The largest absolute Gasteiger partial charge is 0.481 e. The summed E-state index contributed by atoms with van der Waals surface area (Å²) < 4.78 is 0. The molecule has 0 saturated heterocycles. The molecule has 0 aromatic carbocycles. The third-order valence-corrected chi connectivity index (χ3v) is 5.94. The SMILES string of the molecule is CSCCC(N)C(=O)NC(CCC(=O)O)C(=O)NC(CS)C(=O)NC(CCSC)C(=O)O. The minimum atomic E-state index is -1.24. The summed E-state index contributed by atoms with van der Waals surface area (Å²) in [6.45, 7) is 0. The number of thioether (sulfide) groups is 2. The number of nitrogens with one attached hydrogen (secondary N) is 3. The second-order valence-electron chi connectivity index (χ2n) is 6.81. The van der Waals surface area contributed by atoms with Crippen molar-refractivity contribution in [3.8, 4) is 0 Å². The molecule has 14 heteroatoms. The Balaban J connectivity index is 5.21. The zero-order valence-corrected chi connectivity index (χ0v) is 20.6. The fourth-order valence-corrected chi connectivity index (χ4v) is 3.64. The first-order valence-corrected chi connectivity index (χ1v) is 13.2. The molecule has 0 aromatic rings. The summed E-state index contributed by atoms with van der Waals surface area (Å²) in [6.07, 6.45) is 3.61. The van der Waals surface area contributed by atoms with Gasteiger partial charge in [-0.15, -0.1) is 0 Å². The minimum Gasteiger partial charge on any atom is -0.481 e. The van der Waals surface area contributed by atoms with E-state index in [1.54, 1.807) is 6.26 Å². The zero-order chi connectivity index (χ0) is 24.7. The van der Waals surface area contributed by atoms with Crippen molar-refractivity contribution >= 4 is 65.8 Å². The molecule has 0 fully saturated rings. The number of hydrogen-bond acceptors (Lipinski definition) is 9. The van der Waals surface area contributed by atoms with Gasteiger partial charge in [0.15, 0.2) is 0 Å². The maximum absolute atomic E-state index is 12.7. The van der Waals surface area contributed by atoms with Crippen LogP contribution in [0.4, 0.5) is 0 Å². The van der Waals surface area contributed by atoms with Crippen LogP contribution in [0.25, 0.3) is 0 Å². The standard InChI is InChI=1S/C18H32N4O7S3/c1-31-7-5-10(19)15(25)20-11(3-4-14(23)24)16(26)22-13(9-30)17(27)21-12(18(28)29)6-8-32-2/h10-13,30H,3-9,19H2,1-2H3,(H,20,25)(H,21,27)(H,22,26)(H,23,24)(H,28,29). The van der Waals surface area contributed by atoms with Gasteiger partial charge in [-0.05, 0) is 43.3 Å². The number of amides is 3. The van der Waals surface area contributed by atoms with Crippen LogP contribution in [0.2, 0.25) is 0 Å². The average Bonchev–Trinajstić information content (AvgIpc) is 2.74. The van der Waals surface area contributed by atoms with Gasteiger partial charge in [0, 0.05) is 12.2 Å². The fourth-order valence-electron chi connectivity index (χ4n) is 2.42. The Labute approximate surface area is 201 Å². The number of rotatable bonds is 17. The number of hydrogen-bond donors (Lipinski definition) is 7. The van der Waals surface area contributed by atoms with Gasteiger partial charge in [0.1, 0.15) is 18.1 Å². The van der Waals surface area contributed by atoms with Gasteiger partial charge in [0.25, 0.3) is 0 Å². The lowest BCUT2D eigenvalue weighted by molar-refractivity contribution is -0.142. The van der Waals surface area contributed by atoms with Crippen LogP contribution in [0.3, 0.4) is 0 Å².